The normalized spacial score (nSPS) is 10.8. The van der Waals surface area contributed by atoms with Gasteiger partial charge < -0.3 is 10.5 Å². The van der Waals surface area contributed by atoms with Gasteiger partial charge in [0.2, 0.25) is 0 Å². The van der Waals surface area contributed by atoms with E-state index in [0.29, 0.717) is 18.1 Å². The lowest BCUT2D eigenvalue weighted by Crippen LogP contribution is -1.99. The van der Waals surface area contributed by atoms with Gasteiger partial charge in [-0.3, -0.25) is 0 Å². The summed E-state index contributed by atoms with van der Waals surface area (Å²) in [6.07, 6.45) is 1.79. The number of para-hydroxylation sites is 1. The molecule has 96 valence electrons. The van der Waals surface area contributed by atoms with Gasteiger partial charge in [-0.05, 0) is 24.6 Å². The topological polar surface area (TPSA) is 65.4 Å². The van der Waals surface area contributed by atoms with E-state index >= 15 is 0 Å². The van der Waals surface area contributed by atoms with E-state index in [1.165, 1.54) is 0 Å². The Morgan fingerprint density at radius 2 is 2.11 bits per heavy atom. The summed E-state index contributed by atoms with van der Waals surface area (Å²) in [6, 6.07) is 11.4. The van der Waals surface area contributed by atoms with Crippen molar-refractivity contribution in [2.75, 3.05) is 5.73 Å². The summed E-state index contributed by atoms with van der Waals surface area (Å²) in [6.45, 7) is 2.35. The van der Waals surface area contributed by atoms with Gasteiger partial charge in [-0.1, -0.05) is 18.2 Å². The molecular formula is C14H14N4O. The van der Waals surface area contributed by atoms with Crippen molar-refractivity contribution in [2.45, 2.75) is 13.5 Å². The summed E-state index contributed by atoms with van der Waals surface area (Å²) >= 11 is 0. The molecule has 2 heterocycles. The van der Waals surface area contributed by atoms with Gasteiger partial charge in [0.25, 0.3) is 0 Å². The van der Waals surface area contributed by atoms with Gasteiger partial charge >= 0.3 is 0 Å². The van der Waals surface area contributed by atoms with E-state index < -0.39 is 0 Å². The van der Waals surface area contributed by atoms with Gasteiger partial charge in [0.15, 0.2) is 11.5 Å². The van der Waals surface area contributed by atoms with Crippen LogP contribution < -0.4 is 10.5 Å². The zero-order valence-corrected chi connectivity index (χ0v) is 10.6. The van der Waals surface area contributed by atoms with E-state index in [2.05, 4.69) is 10.1 Å². The number of nitrogens with zero attached hydrogens (tertiary/aromatic N) is 3. The molecule has 1 aromatic carbocycles. The number of fused-ring (bicyclic) bond motifs is 1. The van der Waals surface area contributed by atoms with Crippen LogP contribution in [0.3, 0.4) is 0 Å². The smallest absolute Gasteiger partial charge is 0.189 e. The number of aromatic nitrogens is 3. The van der Waals surface area contributed by atoms with Crippen molar-refractivity contribution in [1.29, 1.82) is 0 Å². The number of aryl methyl sites for hydroxylation is 1. The molecule has 5 nitrogen and oxygen atoms in total. The monoisotopic (exact) mass is 254 g/mol. The Balaban J connectivity index is 1.80. The molecule has 0 saturated heterocycles. The highest BCUT2D eigenvalue weighted by Gasteiger charge is 2.05. The standard InChI is InChI=1S/C14H14N4O/c1-10-4-2-3-5-12(10)19-9-13-16-14-8-11(15)6-7-18(14)17-13/h2-8H,9,15H2,1H3. The average Bonchev–Trinajstić information content (AvgIpc) is 2.79. The minimum Gasteiger partial charge on any atom is -0.485 e. The number of hydrogen-bond acceptors (Lipinski definition) is 4. The summed E-state index contributed by atoms with van der Waals surface area (Å²) in [5.74, 6) is 1.48. The lowest BCUT2D eigenvalue weighted by atomic mass is 10.2. The van der Waals surface area contributed by atoms with Gasteiger partial charge in [0.1, 0.15) is 12.4 Å². The Labute approximate surface area is 110 Å². The Morgan fingerprint density at radius 3 is 2.95 bits per heavy atom. The second kappa shape index (κ2) is 4.61. The molecule has 0 aliphatic rings. The third-order valence-corrected chi connectivity index (χ3v) is 2.86. The Kier molecular flexibility index (Phi) is 2.79. The van der Waals surface area contributed by atoms with Crippen molar-refractivity contribution in [3.63, 3.8) is 0 Å². The number of nitrogens with two attached hydrogens (primary N) is 1. The minimum absolute atomic E-state index is 0.340. The second-order valence-electron chi connectivity index (χ2n) is 4.35. The van der Waals surface area contributed by atoms with Crippen LogP contribution in [-0.2, 0) is 6.61 Å². The van der Waals surface area contributed by atoms with Crippen LogP contribution in [0.1, 0.15) is 11.4 Å². The molecule has 19 heavy (non-hydrogen) atoms. The summed E-state index contributed by atoms with van der Waals surface area (Å²) in [4.78, 5) is 4.37. The lowest BCUT2D eigenvalue weighted by molar-refractivity contribution is 0.294. The van der Waals surface area contributed by atoms with Crippen LogP contribution in [0.15, 0.2) is 42.6 Å². The van der Waals surface area contributed by atoms with Gasteiger partial charge in [0.05, 0.1) is 0 Å². The minimum atomic E-state index is 0.340. The first-order chi connectivity index (χ1) is 9.22. The third kappa shape index (κ3) is 2.35. The molecule has 0 bridgehead atoms. The van der Waals surface area contributed by atoms with Crippen LogP contribution in [0.2, 0.25) is 0 Å². The van der Waals surface area contributed by atoms with E-state index in [0.717, 1.165) is 17.0 Å². The molecule has 0 amide bonds. The number of anilines is 1. The van der Waals surface area contributed by atoms with Crippen LogP contribution in [0, 0.1) is 6.92 Å². The van der Waals surface area contributed by atoms with E-state index in [1.54, 1.807) is 22.8 Å². The molecule has 3 rings (SSSR count). The van der Waals surface area contributed by atoms with Crippen molar-refractivity contribution in [2.24, 2.45) is 0 Å². The van der Waals surface area contributed by atoms with E-state index in [9.17, 15) is 0 Å². The number of ether oxygens (including phenoxy) is 1. The van der Waals surface area contributed by atoms with Crippen LogP contribution >= 0.6 is 0 Å². The fourth-order valence-corrected chi connectivity index (χ4v) is 1.87. The van der Waals surface area contributed by atoms with Crippen LogP contribution in [0.5, 0.6) is 5.75 Å². The zero-order chi connectivity index (χ0) is 13.2. The van der Waals surface area contributed by atoms with Crippen molar-refractivity contribution >= 4 is 11.3 Å². The largest absolute Gasteiger partial charge is 0.485 e. The SMILES string of the molecule is Cc1ccccc1OCc1nc2cc(N)ccn2n1. The molecule has 0 aliphatic heterocycles. The predicted octanol–water partition coefficient (Wildman–Crippen LogP) is 2.20. The molecule has 0 radical (unpaired) electrons. The molecule has 0 unspecified atom stereocenters. The summed E-state index contributed by atoms with van der Waals surface area (Å²) in [5.41, 5.74) is 8.20. The van der Waals surface area contributed by atoms with Crippen LogP contribution in [-0.4, -0.2) is 14.6 Å². The summed E-state index contributed by atoms with van der Waals surface area (Å²) in [7, 11) is 0. The quantitative estimate of drug-likeness (QED) is 0.778. The van der Waals surface area contributed by atoms with Crippen LogP contribution in [0.25, 0.3) is 5.65 Å². The predicted molar refractivity (Wildman–Crippen MR) is 72.9 cm³/mol. The van der Waals surface area contributed by atoms with Gasteiger partial charge in [-0.25, -0.2) is 9.50 Å². The van der Waals surface area contributed by atoms with E-state index in [-0.39, 0.29) is 0 Å². The van der Waals surface area contributed by atoms with Crippen molar-refractivity contribution in [3.8, 4) is 5.75 Å². The Morgan fingerprint density at radius 1 is 1.26 bits per heavy atom. The maximum atomic E-state index is 5.71. The van der Waals surface area contributed by atoms with Crippen molar-refractivity contribution < 1.29 is 4.74 Å². The Bertz CT molecular complexity index is 720. The highest BCUT2D eigenvalue weighted by atomic mass is 16.5. The number of nitrogen functional groups attached to an aromatic ring is 1. The summed E-state index contributed by atoms with van der Waals surface area (Å²) in [5, 5.41) is 4.32. The Hall–Kier alpha value is -2.56. The molecular weight excluding hydrogens is 240 g/mol. The first-order valence-electron chi connectivity index (χ1n) is 6.01. The fourth-order valence-electron chi connectivity index (χ4n) is 1.87. The molecule has 0 fully saturated rings. The number of pyridine rings is 1. The van der Waals surface area contributed by atoms with Gasteiger partial charge in [-0.2, -0.15) is 0 Å². The van der Waals surface area contributed by atoms with E-state index in [1.807, 2.05) is 31.2 Å². The fraction of sp³-hybridized carbons (Fsp3) is 0.143. The molecule has 0 aliphatic carbocycles. The summed E-state index contributed by atoms with van der Waals surface area (Å²) < 4.78 is 7.40. The van der Waals surface area contributed by atoms with Crippen LogP contribution in [0.4, 0.5) is 5.69 Å². The number of benzene rings is 1. The molecule has 0 saturated carbocycles. The first kappa shape index (κ1) is 11.5. The molecule has 0 atom stereocenters. The second-order valence-corrected chi connectivity index (χ2v) is 4.35. The maximum Gasteiger partial charge on any atom is 0.189 e. The highest BCUT2D eigenvalue weighted by Crippen LogP contribution is 2.17. The maximum absolute atomic E-state index is 5.71. The van der Waals surface area contributed by atoms with Gasteiger partial charge in [0, 0.05) is 18.0 Å². The highest BCUT2D eigenvalue weighted by molar-refractivity contribution is 5.50. The zero-order valence-electron chi connectivity index (χ0n) is 10.6. The van der Waals surface area contributed by atoms with Gasteiger partial charge in [-0.15, -0.1) is 5.10 Å². The number of hydrogen-bond donors (Lipinski definition) is 1. The number of rotatable bonds is 3. The van der Waals surface area contributed by atoms with Crippen molar-refractivity contribution in [3.05, 3.63) is 54.0 Å². The lowest BCUT2D eigenvalue weighted by Gasteiger charge is -2.05. The molecule has 2 aromatic heterocycles. The molecule has 5 heteroatoms. The molecule has 2 N–H and O–H groups in total. The molecule has 0 spiro atoms. The first-order valence-corrected chi connectivity index (χ1v) is 6.01. The van der Waals surface area contributed by atoms with Crippen molar-refractivity contribution in [1.82, 2.24) is 14.6 Å². The average molecular weight is 254 g/mol. The molecule has 3 aromatic rings. The van der Waals surface area contributed by atoms with E-state index in [4.69, 9.17) is 10.5 Å². The third-order valence-electron chi connectivity index (χ3n) is 2.86.